The van der Waals surface area contributed by atoms with Gasteiger partial charge in [-0.15, -0.1) is 34.5 Å². The molecule has 0 bridgehead atoms. The summed E-state index contributed by atoms with van der Waals surface area (Å²) in [5, 5.41) is 2.82. The predicted octanol–water partition coefficient (Wildman–Crippen LogP) is 8.69. The van der Waals surface area contributed by atoms with Crippen molar-refractivity contribution in [3.8, 4) is 11.1 Å². The van der Waals surface area contributed by atoms with Gasteiger partial charge in [0.05, 0.1) is 0 Å². The average molecular weight is 480 g/mol. The maximum atomic E-state index is 4.93. The van der Waals surface area contributed by atoms with Crippen molar-refractivity contribution in [2.75, 3.05) is 0 Å². The first-order valence-electron chi connectivity index (χ1n) is 9.72. The summed E-state index contributed by atoms with van der Waals surface area (Å²) in [6.45, 7) is 11.3. The molecule has 0 heterocycles. The Morgan fingerprint density at radius 3 is 2.19 bits per heavy atom. The van der Waals surface area contributed by atoms with Crippen molar-refractivity contribution in [3.63, 3.8) is 0 Å². The number of fused-ring (bicyclic) bond motifs is 1. The van der Waals surface area contributed by atoms with Crippen LogP contribution in [0.4, 0.5) is 0 Å². The van der Waals surface area contributed by atoms with E-state index in [-0.39, 0.29) is 0 Å². The van der Waals surface area contributed by atoms with Gasteiger partial charge in [-0.2, -0.15) is 6.07 Å². The molecule has 0 amide bonds. The van der Waals surface area contributed by atoms with Crippen LogP contribution in [-0.2, 0) is 27.3 Å². The van der Waals surface area contributed by atoms with Gasteiger partial charge in [-0.05, 0) is 31.7 Å². The molecule has 3 rings (SSSR count). The molecule has 3 heteroatoms. The molecule has 0 aliphatic carbocycles. The molecule has 0 N–H and O–H groups in total. The van der Waals surface area contributed by atoms with E-state index >= 15 is 0 Å². The number of aryl methyl sites for hydroxylation is 3. The Hall–Kier alpha value is -0.487. The fraction of sp³-hybridized carbons (Fsp3) is 0.375. The molecule has 1 unspecified atom stereocenters. The van der Waals surface area contributed by atoms with Gasteiger partial charge in [-0.25, -0.2) is 0 Å². The van der Waals surface area contributed by atoms with E-state index < -0.39 is 20.8 Å². The van der Waals surface area contributed by atoms with Crippen LogP contribution in [0.1, 0.15) is 61.8 Å². The van der Waals surface area contributed by atoms with Gasteiger partial charge in [0.2, 0.25) is 0 Å². The fourth-order valence-corrected chi connectivity index (χ4v) is 3.81. The molecule has 1 atom stereocenters. The molecule has 0 aromatic heterocycles. The molecule has 0 aliphatic heterocycles. The Morgan fingerprint density at radius 2 is 1.63 bits per heavy atom. The summed E-state index contributed by atoms with van der Waals surface area (Å²) in [5.74, 6) is 0.624. The first kappa shape index (κ1) is 22.8. The van der Waals surface area contributed by atoms with Gasteiger partial charge >= 0.3 is 37.9 Å². The van der Waals surface area contributed by atoms with Crippen LogP contribution in [0.3, 0.4) is 0 Å². The first-order valence-corrected chi connectivity index (χ1v) is 16.0. The summed E-state index contributed by atoms with van der Waals surface area (Å²) in [4.78, 5) is 0. The van der Waals surface area contributed by atoms with Crippen molar-refractivity contribution < 1.29 is 20.8 Å². The number of halogens is 2. The molecule has 0 radical (unpaired) electrons. The standard InChI is InChI=1S/C24H29.2ClH.Zr/c1-6-8-19-9-10-20-14-21(18(5)7-2)15-23(20)24(19)22-12-16(3)11-17(4)13-22;;;/h9-15,18H,6-8H2,1-5H3;2*1H;/q-1;;;+2/p-2. The Labute approximate surface area is 183 Å². The molecule has 0 saturated heterocycles. The Bertz CT molecular complexity index is 859. The van der Waals surface area contributed by atoms with Crippen molar-refractivity contribution in [1.82, 2.24) is 0 Å². The van der Waals surface area contributed by atoms with Crippen molar-refractivity contribution in [2.24, 2.45) is 0 Å². The van der Waals surface area contributed by atoms with Crippen LogP contribution in [0, 0.1) is 13.8 Å². The summed E-state index contributed by atoms with van der Waals surface area (Å²) in [6, 6.07) is 16.4. The second kappa shape index (κ2) is 10.9. The van der Waals surface area contributed by atoms with Gasteiger partial charge in [-0.1, -0.05) is 74.1 Å². The van der Waals surface area contributed by atoms with E-state index in [0.29, 0.717) is 5.92 Å². The Kier molecular flexibility index (Phi) is 9.20. The molecule has 0 nitrogen and oxygen atoms in total. The van der Waals surface area contributed by atoms with Gasteiger partial charge in [0.25, 0.3) is 0 Å². The van der Waals surface area contributed by atoms with Crippen molar-refractivity contribution >= 4 is 27.8 Å². The summed E-state index contributed by atoms with van der Waals surface area (Å²) < 4.78 is 0. The van der Waals surface area contributed by atoms with Crippen LogP contribution in [0.15, 0.2) is 42.5 Å². The summed E-state index contributed by atoms with van der Waals surface area (Å²) >= 11 is -0.826. The van der Waals surface area contributed by atoms with Crippen LogP contribution in [0.25, 0.3) is 21.9 Å². The Morgan fingerprint density at radius 1 is 1.00 bits per heavy atom. The van der Waals surface area contributed by atoms with Crippen LogP contribution >= 0.6 is 17.0 Å². The summed E-state index contributed by atoms with van der Waals surface area (Å²) in [7, 11) is 9.87. The van der Waals surface area contributed by atoms with E-state index in [1.807, 2.05) is 0 Å². The van der Waals surface area contributed by atoms with Gasteiger partial charge in [0.15, 0.2) is 0 Å². The van der Waals surface area contributed by atoms with Crippen LogP contribution in [0.5, 0.6) is 0 Å². The molecule has 0 fully saturated rings. The third-order valence-electron chi connectivity index (χ3n) is 5.21. The molecular formula is C24H29Cl2Zr-. The molecule has 3 aromatic rings. The number of hydrogen-bond acceptors (Lipinski definition) is 0. The minimum atomic E-state index is -0.826. The second-order valence-electron chi connectivity index (χ2n) is 7.40. The van der Waals surface area contributed by atoms with Crippen molar-refractivity contribution in [3.05, 3.63) is 64.7 Å². The third kappa shape index (κ3) is 5.75. The van der Waals surface area contributed by atoms with E-state index in [1.165, 1.54) is 57.0 Å². The van der Waals surface area contributed by atoms with E-state index in [2.05, 4.69) is 77.1 Å². The number of rotatable bonds is 5. The van der Waals surface area contributed by atoms with Crippen LogP contribution < -0.4 is 0 Å². The van der Waals surface area contributed by atoms with Gasteiger partial charge in [0.1, 0.15) is 0 Å². The van der Waals surface area contributed by atoms with Crippen LogP contribution in [-0.4, -0.2) is 0 Å². The summed E-state index contributed by atoms with van der Waals surface area (Å²) in [5.41, 5.74) is 8.48. The van der Waals surface area contributed by atoms with Gasteiger partial charge < -0.3 is 0 Å². The number of benzene rings is 2. The first-order chi connectivity index (χ1) is 12.9. The van der Waals surface area contributed by atoms with Gasteiger partial charge in [0, 0.05) is 0 Å². The van der Waals surface area contributed by atoms with E-state index in [4.69, 9.17) is 17.0 Å². The third-order valence-corrected chi connectivity index (χ3v) is 5.21. The monoisotopic (exact) mass is 477 g/mol. The topological polar surface area (TPSA) is 0 Å². The SMILES string of the molecule is CCCc1ccc2[cH-]c(C(C)CC)cc2c1-c1cc(C)cc(C)c1.[Cl][Zr][Cl]. The molecule has 3 aromatic carbocycles. The zero-order valence-electron chi connectivity index (χ0n) is 17.0. The summed E-state index contributed by atoms with van der Waals surface area (Å²) in [6.07, 6.45) is 3.52. The quantitative estimate of drug-likeness (QED) is 0.321. The second-order valence-corrected chi connectivity index (χ2v) is 11.1. The fourth-order valence-electron chi connectivity index (χ4n) is 3.81. The predicted molar refractivity (Wildman–Crippen MR) is 119 cm³/mol. The van der Waals surface area contributed by atoms with Crippen LogP contribution in [0.2, 0.25) is 0 Å². The Balaban J connectivity index is 0.000000817. The normalized spacial score (nSPS) is 11.8. The maximum absolute atomic E-state index is 4.93. The molecule has 144 valence electrons. The van der Waals surface area contributed by atoms with Crippen molar-refractivity contribution in [2.45, 2.75) is 59.8 Å². The van der Waals surface area contributed by atoms with E-state index in [0.717, 1.165) is 6.42 Å². The molecule has 0 aliphatic rings. The van der Waals surface area contributed by atoms with E-state index in [9.17, 15) is 0 Å². The van der Waals surface area contributed by atoms with E-state index in [1.54, 1.807) is 0 Å². The zero-order valence-corrected chi connectivity index (χ0v) is 21.0. The molecule has 0 spiro atoms. The zero-order chi connectivity index (χ0) is 20.0. The molecular weight excluding hydrogens is 450 g/mol. The minimum absolute atomic E-state index is 0.624. The van der Waals surface area contributed by atoms with Gasteiger partial charge in [-0.3, -0.25) is 0 Å². The number of hydrogen-bond donors (Lipinski definition) is 0. The molecule has 0 saturated carbocycles. The molecule has 27 heavy (non-hydrogen) atoms. The average Bonchev–Trinajstić information content (AvgIpc) is 3.05. The van der Waals surface area contributed by atoms with Crippen molar-refractivity contribution in [1.29, 1.82) is 0 Å².